The first kappa shape index (κ1) is 37.8. The topological polar surface area (TPSA) is 224 Å². The van der Waals surface area contributed by atoms with Gasteiger partial charge in [0.05, 0.1) is 5.56 Å². The van der Waals surface area contributed by atoms with Crippen molar-refractivity contribution in [2.45, 2.75) is 25.6 Å². The van der Waals surface area contributed by atoms with Crippen LogP contribution in [0.4, 0.5) is 13.2 Å². The van der Waals surface area contributed by atoms with Crippen LogP contribution in [0.1, 0.15) is 24.0 Å². The molecule has 1 aromatic rings. The number of hydrogen-bond donors (Lipinski definition) is 3. The molecule has 0 atom stereocenters. The normalized spacial score (nSPS) is 17.3. The summed E-state index contributed by atoms with van der Waals surface area (Å²) in [6.45, 7) is 7.32. The smallest absolute Gasteiger partial charge is 0.315 e. The molecule has 0 amide bonds. The second kappa shape index (κ2) is 19.7. The van der Waals surface area contributed by atoms with Crippen molar-refractivity contribution in [3.63, 3.8) is 0 Å². The first-order chi connectivity index (χ1) is 16.1. The van der Waals surface area contributed by atoms with E-state index in [9.17, 15) is 13.2 Å². The molecule has 0 spiro atoms. The van der Waals surface area contributed by atoms with Crippen molar-refractivity contribution < 1.29 is 88.0 Å². The maximum atomic E-state index is 13.2. The summed E-state index contributed by atoms with van der Waals surface area (Å²) in [4.78, 5) is 2.11. The molecule has 1 radical (unpaired) electrons. The molecule has 1 heterocycles. The Bertz CT molecular complexity index is 651. The first-order valence-corrected chi connectivity index (χ1v) is 12.8. The molecule has 18 heteroatoms. The van der Waals surface area contributed by atoms with E-state index >= 15 is 0 Å². The maximum Gasteiger partial charge on any atom is 2.00 e. The largest absolute Gasteiger partial charge is 2.00 e. The summed E-state index contributed by atoms with van der Waals surface area (Å²) in [6.07, 6.45) is -2.32. The Morgan fingerprint density at radius 3 is 1.64 bits per heavy atom. The van der Waals surface area contributed by atoms with Crippen LogP contribution in [-0.2, 0) is 29.8 Å². The minimum Gasteiger partial charge on any atom is -0.315 e. The van der Waals surface area contributed by atoms with Crippen LogP contribution in [0.2, 0.25) is 0 Å². The second-order valence-electron chi connectivity index (χ2n) is 7.14. The molecule has 0 unspecified atom stereocenters. The summed E-state index contributed by atoms with van der Waals surface area (Å²) < 4.78 is 108. The SMILES string of the molecule is FC(F)(F)c1ccccc1CN1CCCNCCNCCCNCC1.[Cu+2].[O-][Cl+3]([O-])([O-])[O-].[O-][Cl+3]([O-])([O-])[O-]. The van der Waals surface area contributed by atoms with Crippen LogP contribution in [0.5, 0.6) is 0 Å². The fourth-order valence-electron chi connectivity index (χ4n) is 3.00. The average Bonchev–Trinajstić information content (AvgIpc) is 2.68. The van der Waals surface area contributed by atoms with Gasteiger partial charge in [0.25, 0.3) is 0 Å². The molecular weight excluding hydrogens is 592 g/mol. The number of rotatable bonds is 2. The van der Waals surface area contributed by atoms with Crippen LogP contribution >= 0.6 is 0 Å². The van der Waals surface area contributed by atoms with Gasteiger partial charge in [0.1, 0.15) is 0 Å². The average molecular weight is 621 g/mol. The molecule has 36 heavy (non-hydrogen) atoms. The number of nitrogens with one attached hydrogen (secondary N) is 3. The monoisotopic (exact) mass is 619 g/mol. The van der Waals surface area contributed by atoms with Crippen molar-refractivity contribution >= 4 is 0 Å². The zero-order chi connectivity index (χ0) is 27.0. The quantitative estimate of drug-likeness (QED) is 0.262. The zero-order valence-corrected chi connectivity index (χ0v) is 21.4. The van der Waals surface area contributed by atoms with Crippen LogP contribution in [0, 0.1) is 20.5 Å². The van der Waals surface area contributed by atoms with Gasteiger partial charge in [-0.1, -0.05) is 18.2 Å². The van der Waals surface area contributed by atoms with Gasteiger partial charge in [0, 0.05) is 32.7 Å². The van der Waals surface area contributed by atoms with Gasteiger partial charge >= 0.3 is 23.2 Å². The van der Waals surface area contributed by atoms with Gasteiger partial charge < -0.3 is 16.0 Å². The predicted molar refractivity (Wildman–Crippen MR) is 94.6 cm³/mol. The van der Waals surface area contributed by atoms with Gasteiger partial charge in [-0.2, -0.15) is 13.2 Å². The molecule has 1 aromatic carbocycles. The van der Waals surface area contributed by atoms with Crippen LogP contribution in [0.25, 0.3) is 0 Å². The zero-order valence-electron chi connectivity index (χ0n) is 19.0. The van der Waals surface area contributed by atoms with E-state index in [2.05, 4.69) is 20.9 Å². The maximum absolute atomic E-state index is 13.2. The fourth-order valence-corrected chi connectivity index (χ4v) is 3.00. The van der Waals surface area contributed by atoms with E-state index in [0.29, 0.717) is 12.1 Å². The van der Waals surface area contributed by atoms with Crippen LogP contribution in [0.3, 0.4) is 0 Å². The van der Waals surface area contributed by atoms with Gasteiger partial charge in [-0.25, -0.2) is 37.3 Å². The van der Waals surface area contributed by atoms with Crippen molar-refractivity contribution in [3.05, 3.63) is 35.4 Å². The second-order valence-corrected chi connectivity index (χ2v) is 8.66. The summed E-state index contributed by atoms with van der Waals surface area (Å²) >= 11 is 0. The number of nitrogens with zero attached hydrogens (tertiary/aromatic N) is 1. The van der Waals surface area contributed by atoms with Gasteiger partial charge in [0.2, 0.25) is 0 Å². The Balaban J connectivity index is 0. The van der Waals surface area contributed by atoms with Crippen molar-refractivity contribution in [2.24, 2.45) is 0 Å². The number of alkyl halides is 3. The Kier molecular flexibility index (Phi) is 20.6. The van der Waals surface area contributed by atoms with E-state index in [4.69, 9.17) is 37.3 Å². The third kappa shape index (κ3) is 26.7. The summed E-state index contributed by atoms with van der Waals surface area (Å²) in [7, 11) is -9.89. The number of benzene rings is 1. The van der Waals surface area contributed by atoms with Gasteiger partial charge in [-0.05, 0) is 50.7 Å². The molecule has 0 saturated carbocycles. The molecule has 12 nitrogen and oxygen atoms in total. The van der Waals surface area contributed by atoms with Crippen molar-refractivity contribution in [3.8, 4) is 0 Å². The third-order valence-corrected chi connectivity index (χ3v) is 4.34. The molecule has 3 N–H and O–H groups in total. The summed E-state index contributed by atoms with van der Waals surface area (Å²) in [6, 6.07) is 5.90. The first-order valence-electron chi connectivity index (χ1n) is 10.3. The van der Waals surface area contributed by atoms with E-state index < -0.39 is 32.2 Å². The van der Waals surface area contributed by atoms with Crippen LogP contribution in [-0.4, -0.2) is 57.3 Å². The number of hydrogen-bond acceptors (Lipinski definition) is 12. The van der Waals surface area contributed by atoms with E-state index in [1.165, 1.54) is 12.1 Å². The van der Waals surface area contributed by atoms with E-state index in [0.717, 1.165) is 65.2 Å². The standard InChI is InChI=1S/C18H29F3N4.2ClHO4.Cu/c19-18(20,21)17-6-2-1-5-16(17)15-25-13-4-9-23-11-10-22-7-3-8-24-12-14-25;2*2-1(3,4)5;/h1-2,5-6,22-24H,3-4,7-15H2;2*(H,2,3,4,5);/q;;;+2/p-2. The molecule has 1 fully saturated rings. The predicted octanol–water partition coefficient (Wildman–Crippen LogP) is -7.44. The molecule has 2 rings (SSSR count). The Morgan fingerprint density at radius 2 is 1.14 bits per heavy atom. The minimum absolute atomic E-state index is 0. The summed E-state index contributed by atoms with van der Waals surface area (Å²) in [5.74, 6) is 0. The summed E-state index contributed by atoms with van der Waals surface area (Å²) in [5.41, 5.74) is -0.167. The van der Waals surface area contributed by atoms with Gasteiger partial charge in [-0.3, -0.25) is 4.90 Å². The molecule has 0 aliphatic carbocycles. The Hall–Kier alpha value is -0.371. The molecule has 1 saturated heterocycles. The number of halogens is 5. The fraction of sp³-hybridized carbons (Fsp3) is 0.667. The van der Waals surface area contributed by atoms with Crippen LogP contribution in [0.15, 0.2) is 24.3 Å². The van der Waals surface area contributed by atoms with E-state index in [-0.39, 0.29) is 17.1 Å². The minimum atomic E-state index is -4.94. The Morgan fingerprint density at radius 1 is 0.694 bits per heavy atom. The van der Waals surface area contributed by atoms with Gasteiger partial charge in [0.15, 0.2) is 0 Å². The molecular formula is C18H29Cl2CuF3N4O8. The van der Waals surface area contributed by atoms with Crippen molar-refractivity contribution in [1.29, 1.82) is 0 Å². The summed E-state index contributed by atoms with van der Waals surface area (Å²) in [5, 5.41) is 10.1. The molecule has 0 bridgehead atoms. The molecule has 0 aromatic heterocycles. The van der Waals surface area contributed by atoms with Crippen molar-refractivity contribution in [2.75, 3.05) is 52.4 Å². The molecule has 1 aliphatic rings. The molecule has 1 aliphatic heterocycles. The molecule has 215 valence electrons. The van der Waals surface area contributed by atoms with Crippen LogP contribution < -0.4 is 53.2 Å². The van der Waals surface area contributed by atoms with E-state index in [1.807, 2.05) is 0 Å². The van der Waals surface area contributed by atoms with Crippen molar-refractivity contribution in [1.82, 2.24) is 20.9 Å². The Labute approximate surface area is 222 Å². The van der Waals surface area contributed by atoms with Gasteiger partial charge in [-0.15, -0.1) is 20.5 Å². The third-order valence-electron chi connectivity index (χ3n) is 4.34. The van der Waals surface area contributed by atoms with E-state index in [1.54, 1.807) is 12.1 Å².